The minimum atomic E-state index is -0.981. The van der Waals surface area contributed by atoms with E-state index < -0.39 is 11.6 Å². The van der Waals surface area contributed by atoms with Gasteiger partial charge >= 0.3 is 0 Å². The van der Waals surface area contributed by atoms with Gasteiger partial charge in [-0.15, -0.1) is 0 Å². The average Bonchev–Trinajstić information content (AvgIpc) is 2.21. The Morgan fingerprint density at radius 3 is 2.67 bits per heavy atom. The number of hydrogen-bond donors (Lipinski definition) is 1. The van der Waals surface area contributed by atoms with Crippen LogP contribution in [-0.2, 0) is 0 Å². The predicted octanol–water partition coefficient (Wildman–Crippen LogP) is 2.84. The summed E-state index contributed by atoms with van der Waals surface area (Å²) in [7, 11) is 0. The first-order valence-electron chi connectivity index (χ1n) is 4.59. The fourth-order valence-electron chi connectivity index (χ4n) is 1.10. The van der Waals surface area contributed by atoms with Gasteiger partial charge in [0.1, 0.15) is 6.10 Å². The van der Waals surface area contributed by atoms with E-state index >= 15 is 0 Å². The summed E-state index contributed by atoms with van der Waals surface area (Å²) >= 11 is 3.06. The van der Waals surface area contributed by atoms with Gasteiger partial charge in [-0.05, 0) is 18.6 Å². The van der Waals surface area contributed by atoms with Crippen molar-refractivity contribution in [3.8, 4) is 5.75 Å². The smallest absolute Gasteiger partial charge is 0.200 e. The standard InChI is InChI=1S/C10H12BrF2NO/c1-2-7(5-14)15-9-4-6(11)3-8(12)10(9)13/h3-4,7H,2,5,14H2,1H3. The Labute approximate surface area is 95.5 Å². The van der Waals surface area contributed by atoms with E-state index in [0.29, 0.717) is 10.9 Å². The highest BCUT2D eigenvalue weighted by Gasteiger charge is 2.14. The van der Waals surface area contributed by atoms with Crippen LogP contribution in [0, 0.1) is 11.6 Å². The number of benzene rings is 1. The van der Waals surface area contributed by atoms with Gasteiger partial charge in [0.25, 0.3) is 0 Å². The SMILES string of the molecule is CCC(CN)Oc1cc(Br)cc(F)c1F. The molecule has 0 saturated carbocycles. The molecule has 0 heterocycles. The third kappa shape index (κ3) is 3.14. The number of nitrogens with two attached hydrogens (primary N) is 1. The Kier molecular flexibility index (Phi) is 4.47. The maximum absolute atomic E-state index is 13.3. The molecular formula is C10H12BrF2NO. The Morgan fingerprint density at radius 2 is 2.13 bits per heavy atom. The first-order chi connectivity index (χ1) is 7.08. The number of ether oxygens (including phenoxy) is 1. The molecule has 0 aromatic heterocycles. The van der Waals surface area contributed by atoms with Crippen LogP contribution in [0.3, 0.4) is 0 Å². The molecule has 1 aromatic carbocycles. The second-order valence-electron chi connectivity index (χ2n) is 3.08. The Balaban J connectivity index is 2.93. The van der Waals surface area contributed by atoms with Crippen molar-refractivity contribution in [3.05, 3.63) is 28.2 Å². The molecule has 0 amide bonds. The molecule has 0 saturated heterocycles. The molecule has 1 atom stereocenters. The lowest BCUT2D eigenvalue weighted by atomic mass is 10.2. The summed E-state index contributed by atoms with van der Waals surface area (Å²) < 4.78 is 31.9. The van der Waals surface area contributed by atoms with E-state index in [4.69, 9.17) is 10.5 Å². The van der Waals surface area contributed by atoms with Gasteiger partial charge < -0.3 is 10.5 Å². The minimum absolute atomic E-state index is 0.112. The summed E-state index contributed by atoms with van der Waals surface area (Å²) in [6, 6.07) is 2.43. The molecule has 0 aliphatic heterocycles. The van der Waals surface area contributed by atoms with E-state index in [1.165, 1.54) is 6.07 Å². The maximum atomic E-state index is 13.3. The Bertz CT molecular complexity index is 342. The monoisotopic (exact) mass is 279 g/mol. The molecular weight excluding hydrogens is 268 g/mol. The first-order valence-corrected chi connectivity index (χ1v) is 5.39. The molecule has 1 unspecified atom stereocenters. The topological polar surface area (TPSA) is 35.2 Å². The van der Waals surface area contributed by atoms with Crippen molar-refractivity contribution in [3.63, 3.8) is 0 Å². The normalized spacial score (nSPS) is 12.6. The summed E-state index contributed by atoms with van der Waals surface area (Å²) in [4.78, 5) is 0. The molecule has 0 spiro atoms. The van der Waals surface area contributed by atoms with Crippen molar-refractivity contribution < 1.29 is 13.5 Å². The van der Waals surface area contributed by atoms with Gasteiger partial charge in [-0.1, -0.05) is 22.9 Å². The molecule has 2 nitrogen and oxygen atoms in total. The lowest BCUT2D eigenvalue weighted by Crippen LogP contribution is -2.26. The van der Waals surface area contributed by atoms with Gasteiger partial charge in [0.15, 0.2) is 11.6 Å². The third-order valence-electron chi connectivity index (χ3n) is 1.97. The van der Waals surface area contributed by atoms with Gasteiger partial charge in [0.05, 0.1) is 0 Å². The van der Waals surface area contributed by atoms with Gasteiger partial charge in [-0.3, -0.25) is 0 Å². The van der Waals surface area contributed by atoms with E-state index in [9.17, 15) is 8.78 Å². The zero-order valence-corrected chi connectivity index (χ0v) is 9.85. The fraction of sp³-hybridized carbons (Fsp3) is 0.400. The van der Waals surface area contributed by atoms with Gasteiger partial charge in [-0.25, -0.2) is 4.39 Å². The highest BCUT2D eigenvalue weighted by atomic mass is 79.9. The molecule has 0 aliphatic carbocycles. The van der Waals surface area contributed by atoms with Gasteiger partial charge in [-0.2, -0.15) is 4.39 Å². The summed E-state index contributed by atoms with van der Waals surface area (Å²) in [5.41, 5.74) is 5.40. The van der Waals surface area contributed by atoms with Gasteiger partial charge in [0.2, 0.25) is 5.82 Å². The molecule has 1 aromatic rings. The molecule has 0 radical (unpaired) electrons. The zero-order valence-electron chi connectivity index (χ0n) is 8.27. The lowest BCUT2D eigenvalue weighted by molar-refractivity contribution is 0.194. The van der Waals surface area contributed by atoms with E-state index in [1.54, 1.807) is 0 Å². The molecule has 2 N–H and O–H groups in total. The average molecular weight is 280 g/mol. The fourth-order valence-corrected chi connectivity index (χ4v) is 1.50. The molecule has 1 rings (SSSR count). The molecule has 0 fully saturated rings. The second-order valence-corrected chi connectivity index (χ2v) is 4.00. The lowest BCUT2D eigenvalue weighted by Gasteiger charge is -2.16. The van der Waals surface area contributed by atoms with E-state index in [-0.39, 0.29) is 18.4 Å². The number of rotatable bonds is 4. The first kappa shape index (κ1) is 12.4. The van der Waals surface area contributed by atoms with Crippen molar-refractivity contribution >= 4 is 15.9 Å². The van der Waals surface area contributed by atoms with Crippen LogP contribution in [0.5, 0.6) is 5.75 Å². The van der Waals surface area contributed by atoms with Crippen LogP contribution in [0.25, 0.3) is 0 Å². The largest absolute Gasteiger partial charge is 0.486 e. The summed E-state index contributed by atoms with van der Waals surface area (Å²) in [6.45, 7) is 2.13. The predicted molar refractivity (Wildman–Crippen MR) is 57.8 cm³/mol. The van der Waals surface area contributed by atoms with Crippen LogP contribution in [0.2, 0.25) is 0 Å². The maximum Gasteiger partial charge on any atom is 0.200 e. The molecule has 15 heavy (non-hydrogen) atoms. The van der Waals surface area contributed by atoms with E-state index in [1.807, 2.05) is 6.92 Å². The van der Waals surface area contributed by atoms with E-state index in [0.717, 1.165) is 6.07 Å². The molecule has 84 valence electrons. The minimum Gasteiger partial charge on any atom is -0.486 e. The van der Waals surface area contributed by atoms with Crippen LogP contribution in [0.1, 0.15) is 13.3 Å². The van der Waals surface area contributed by atoms with Crippen molar-refractivity contribution in [1.29, 1.82) is 0 Å². The van der Waals surface area contributed by atoms with Crippen LogP contribution < -0.4 is 10.5 Å². The van der Waals surface area contributed by atoms with Crippen molar-refractivity contribution in [2.75, 3.05) is 6.54 Å². The molecule has 0 aliphatic rings. The van der Waals surface area contributed by atoms with Crippen molar-refractivity contribution in [2.45, 2.75) is 19.4 Å². The molecule has 5 heteroatoms. The van der Waals surface area contributed by atoms with E-state index in [2.05, 4.69) is 15.9 Å². The van der Waals surface area contributed by atoms with Crippen LogP contribution in [-0.4, -0.2) is 12.6 Å². The van der Waals surface area contributed by atoms with Crippen molar-refractivity contribution in [2.24, 2.45) is 5.73 Å². The highest BCUT2D eigenvalue weighted by Crippen LogP contribution is 2.26. The third-order valence-corrected chi connectivity index (χ3v) is 2.43. The summed E-state index contributed by atoms with van der Waals surface area (Å²) in [5.74, 6) is -2.03. The van der Waals surface area contributed by atoms with Gasteiger partial charge in [0, 0.05) is 11.0 Å². The quantitative estimate of drug-likeness (QED) is 0.861. The summed E-state index contributed by atoms with van der Waals surface area (Å²) in [6.07, 6.45) is 0.345. The Morgan fingerprint density at radius 1 is 1.47 bits per heavy atom. The zero-order chi connectivity index (χ0) is 11.4. The highest BCUT2D eigenvalue weighted by molar-refractivity contribution is 9.10. The Hall–Kier alpha value is -0.680. The molecule has 0 bridgehead atoms. The van der Waals surface area contributed by atoms with Crippen LogP contribution >= 0.6 is 15.9 Å². The van der Waals surface area contributed by atoms with Crippen LogP contribution in [0.4, 0.5) is 8.78 Å². The number of hydrogen-bond acceptors (Lipinski definition) is 2. The second kappa shape index (κ2) is 5.42. The van der Waals surface area contributed by atoms with Crippen LogP contribution in [0.15, 0.2) is 16.6 Å². The van der Waals surface area contributed by atoms with Crippen molar-refractivity contribution in [1.82, 2.24) is 0 Å². The number of halogens is 3. The summed E-state index contributed by atoms with van der Waals surface area (Å²) in [5, 5.41) is 0.